The van der Waals surface area contributed by atoms with Gasteiger partial charge in [-0.05, 0) is 24.6 Å². The van der Waals surface area contributed by atoms with Gasteiger partial charge in [-0.15, -0.1) is 0 Å². The maximum absolute atomic E-state index is 12.6. The Hall–Kier alpha value is -5.12. The molecule has 0 saturated heterocycles. The molecule has 3 aromatic heterocycles. The number of ether oxygens (including phenoxy) is 2. The average molecular weight is 549 g/mol. The number of carbonyl (C=O) groups is 4. The number of rotatable bonds is 7. The van der Waals surface area contributed by atoms with E-state index in [1.165, 1.54) is 32.7 Å². The molecule has 0 aromatic carbocycles. The summed E-state index contributed by atoms with van der Waals surface area (Å²) in [7, 11) is 2.40. The molecule has 0 aliphatic rings. The monoisotopic (exact) mass is 548 g/mol. The minimum atomic E-state index is -1.05. The second kappa shape index (κ2) is 12.6. The summed E-state index contributed by atoms with van der Waals surface area (Å²) in [5.41, 5.74) is 0.464. The van der Waals surface area contributed by atoms with Crippen LogP contribution in [0.5, 0.6) is 5.88 Å². The third kappa shape index (κ3) is 7.70. The van der Waals surface area contributed by atoms with Crippen molar-refractivity contribution in [1.29, 1.82) is 0 Å². The summed E-state index contributed by atoms with van der Waals surface area (Å²) in [6.07, 6.45) is 2.75. The van der Waals surface area contributed by atoms with Crippen LogP contribution in [-0.4, -0.2) is 69.1 Å². The molecule has 0 radical (unpaired) electrons. The van der Waals surface area contributed by atoms with E-state index in [0.717, 1.165) is 0 Å². The highest BCUT2D eigenvalue weighted by Gasteiger charge is 2.24. The Kier molecular flexibility index (Phi) is 9.28. The Balaban J connectivity index is 1.72. The van der Waals surface area contributed by atoms with E-state index in [1.807, 2.05) is 0 Å². The summed E-state index contributed by atoms with van der Waals surface area (Å²) >= 11 is 0. The number of nitrogens with one attached hydrogen (secondary N) is 2. The van der Waals surface area contributed by atoms with Gasteiger partial charge < -0.3 is 19.9 Å². The predicted molar refractivity (Wildman–Crippen MR) is 142 cm³/mol. The zero-order valence-corrected chi connectivity index (χ0v) is 22.6. The molecule has 208 valence electrons. The number of hydrogen-bond acceptors (Lipinski definition) is 11. The number of esters is 2. The number of aromatic nitrogens is 4. The molecule has 3 heterocycles. The number of carbonyl (C=O) groups excluding carboxylic acids is 4. The van der Waals surface area contributed by atoms with Crippen LogP contribution in [-0.2, 0) is 23.9 Å². The predicted octanol–water partition coefficient (Wildman–Crippen LogP) is 1.73. The topological polar surface area (TPSA) is 183 Å². The van der Waals surface area contributed by atoms with Crippen molar-refractivity contribution in [1.82, 2.24) is 25.3 Å². The number of anilines is 1. The first-order valence-corrected chi connectivity index (χ1v) is 12.0. The summed E-state index contributed by atoms with van der Waals surface area (Å²) in [6, 6.07) is 3.50. The molecule has 3 aromatic rings. The van der Waals surface area contributed by atoms with Crippen LogP contribution in [0, 0.1) is 17.3 Å². The Morgan fingerprint density at radius 3 is 2.33 bits per heavy atom. The van der Waals surface area contributed by atoms with Crippen molar-refractivity contribution in [2.45, 2.75) is 39.7 Å². The lowest BCUT2D eigenvalue weighted by atomic mass is 9.96. The summed E-state index contributed by atoms with van der Waals surface area (Å²) in [6.45, 7) is 5.21. The van der Waals surface area contributed by atoms with E-state index in [2.05, 4.69) is 51.9 Å². The van der Waals surface area contributed by atoms with Crippen molar-refractivity contribution in [2.24, 2.45) is 5.41 Å². The number of hydrogen-bond donors (Lipinski definition) is 3. The molecule has 0 bridgehead atoms. The number of methoxy groups -OCH3 is 2. The van der Waals surface area contributed by atoms with Crippen LogP contribution in [0.3, 0.4) is 0 Å². The van der Waals surface area contributed by atoms with E-state index in [4.69, 9.17) is 0 Å². The fourth-order valence-corrected chi connectivity index (χ4v) is 3.14. The average Bonchev–Trinajstić information content (AvgIpc) is 2.93. The van der Waals surface area contributed by atoms with E-state index in [1.54, 1.807) is 32.9 Å². The maximum Gasteiger partial charge on any atom is 0.328 e. The van der Waals surface area contributed by atoms with Gasteiger partial charge in [0.05, 0.1) is 19.6 Å². The van der Waals surface area contributed by atoms with Gasteiger partial charge in [0, 0.05) is 35.4 Å². The fraction of sp³-hybridized carbons (Fsp3) is 0.333. The first kappa shape index (κ1) is 29.4. The molecule has 13 heteroatoms. The van der Waals surface area contributed by atoms with Gasteiger partial charge in [0.25, 0.3) is 5.91 Å². The van der Waals surface area contributed by atoms with E-state index in [9.17, 15) is 24.3 Å². The molecule has 0 spiro atoms. The van der Waals surface area contributed by atoms with Gasteiger partial charge in [-0.2, -0.15) is 9.97 Å². The minimum Gasteiger partial charge on any atom is -0.493 e. The molecule has 1 atom stereocenters. The Labute approximate surface area is 229 Å². The molecule has 0 unspecified atom stereocenters. The maximum atomic E-state index is 12.6. The van der Waals surface area contributed by atoms with Gasteiger partial charge in [0.2, 0.25) is 17.7 Å². The number of amides is 2. The molecule has 0 saturated carbocycles. The second-order valence-electron chi connectivity index (χ2n) is 9.52. The zero-order valence-electron chi connectivity index (χ0n) is 22.6. The Morgan fingerprint density at radius 2 is 1.70 bits per heavy atom. The third-order valence-electron chi connectivity index (χ3n) is 5.44. The van der Waals surface area contributed by atoms with Gasteiger partial charge >= 0.3 is 11.9 Å². The Morgan fingerprint density at radius 1 is 1.00 bits per heavy atom. The highest BCUT2D eigenvalue weighted by Crippen LogP contribution is 2.23. The quantitative estimate of drug-likeness (QED) is 0.289. The van der Waals surface area contributed by atoms with Gasteiger partial charge in [0.15, 0.2) is 5.65 Å². The van der Waals surface area contributed by atoms with Crippen molar-refractivity contribution in [3.05, 3.63) is 47.4 Å². The molecule has 0 aliphatic heterocycles. The van der Waals surface area contributed by atoms with Crippen molar-refractivity contribution < 1.29 is 33.8 Å². The molecule has 40 heavy (non-hydrogen) atoms. The lowest BCUT2D eigenvalue weighted by molar-refractivity contribution is -0.144. The summed E-state index contributed by atoms with van der Waals surface area (Å²) in [5.74, 6) is 3.18. The molecule has 0 fully saturated rings. The summed E-state index contributed by atoms with van der Waals surface area (Å²) < 4.78 is 9.25. The van der Waals surface area contributed by atoms with E-state index in [-0.39, 0.29) is 47.3 Å². The zero-order chi connectivity index (χ0) is 29.4. The molecule has 2 amide bonds. The van der Waals surface area contributed by atoms with Crippen molar-refractivity contribution in [3.63, 3.8) is 0 Å². The van der Waals surface area contributed by atoms with Crippen LogP contribution >= 0.6 is 0 Å². The largest absolute Gasteiger partial charge is 0.493 e. The van der Waals surface area contributed by atoms with Gasteiger partial charge in [-0.25, -0.2) is 14.8 Å². The lowest BCUT2D eigenvalue weighted by Gasteiger charge is -2.16. The number of nitrogens with zero attached hydrogens (tertiary/aromatic N) is 4. The fourth-order valence-electron chi connectivity index (χ4n) is 3.14. The van der Waals surface area contributed by atoms with Crippen LogP contribution in [0.15, 0.2) is 30.6 Å². The first-order chi connectivity index (χ1) is 18.9. The van der Waals surface area contributed by atoms with Crippen LogP contribution < -0.4 is 10.6 Å². The molecule has 3 N–H and O–H groups in total. The van der Waals surface area contributed by atoms with E-state index >= 15 is 0 Å². The lowest BCUT2D eigenvalue weighted by Crippen LogP contribution is -2.42. The van der Waals surface area contributed by atoms with Crippen molar-refractivity contribution in [3.8, 4) is 17.7 Å². The molecular weight excluding hydrogens is 520 g/mol. The van der Waals surface area contributed by atoms with Gasteiger partial charge in [-0.3, -0.25) is 19.7 Å². The number of pyridine rings is 2. The molecule has 0 aliphatic carbocycles. The van der Waals surface area contributed by atoms with Gasteiger partial charge in [0.1, 0.15) is 11.7 Å². The Bertz CT molecular complexity index is 1500. The minimum absolute atomic E-state index is 0.00189. The van der Waals surface area contributed by atoms with E-state index < -0.39 is 29.3 Å². The van der Waals surface area contributed by atoms with Crippen molar-refractivity contribution >= 4 is 40.7 Å². The van der Waals surface area contributed by atoms with E-state index in [0.29, 0.717) is 11.1 Å². The van der Waals surface area contributed by atoms with Gasteiger partial charge in [-0.1, -0.05) is 32.6 Å². The molecule has 3 rings (SSSR count). The van der Waals surface area contributed by atoms with Crippen LogP contribution in [0.25, 0.3) is 11.0 Å². The summed E-state index contributed by atoms with van der Waals surface area (Å²) in [5, 5.41) is 15.7. The van der Waals surface area contributed by atoms with Crippen LogP contribution in [0.1, 0.15) is 55.2 Å². The second-order valence-corrected chi connectivity index (χ2v) is 9.52. The number of aromatic hydroxyl groups is 1. The van der Waals surface area contributed by atoms with Crippen LogP contribution in [0.4, 0.5) is 5.95 Å². The highest BCUT2D eigenvalue weighted by molar-refractivity contribution is 5.95. The SMILES string of the molecule is COC(=O)CC[C@H](NC(=O)c1ccc(C#Cc2cnc3nc(NC(=O)C(C)(C)C)nc(O)c3c2)cn1)C(=O)OC. The smallest absolute Gasteiger partial charge is 0.328 e. The highest BCUT2D eigenvalue weighted by atomic mass is 16.5. The number of fused-ring (bicyclic) bond motifs is 1. The van der Waals surface area contributed by atoms with Crippen molar-refractivity contribution in [2.75, 3.05) is 19.5 Å². The third-order valence-corrected chi connectivity index (χ3v) is 5.44. The first-order valence-electron chi connectivity index (χ1n) is 12.0. The van der Waals surface area contributed by atoms with Crippen LogP contribution in [0.2, 0.25) is 0 Å². The normalized spacial score (nSPS) is 11.5. The molecular formula is C27H28N6O7. The molecule has 13 nitrogen and oxygen atoms in total. The summed E-state index contributed by atoms with van der Waals surface area (Å²) in [4.78, 5) is 64.5. The standard InChI is InChI=1S/C27H28N6O7/c1-27(2,3)25(38)33-26-31-21-17(22(35)32-26)12-16(14-29-21)7-6-15-8-9-18(28-13-15)23(36)30-19(24(37)40-5)10-11-20(34)39-4/h8-9,12-14,19H,10-11H2,1-5H3,(H,30,36)(H2,29,31,32,33,35,38)/t19-/m0/s1.